The molecule has 0 saturated carbocycles. The fourth-order valence-electron chi connectivity index (χ4n) is 3.13. The van der Waals surface area contributed by atoms with Gasteiger partial charge in [-0.05, 0) is 40.5 Å². The molecule has 0 aliphatic carbocycles. The van der Waals surface area contributed by atoms with E-state index in [2.05, 4.69) is 57.5 Å². The van der Waals surface area contributed by atoms with E-state index >= 15 is 0 Å². The van der Waals surface area contributed by atoms with E-state index in [1.165, 1.54) is 44.9 Å². The quantitative estimate of drug-likeness (QED) is 0.493. The molecule has 1 aromatic rings. The number of hydrogen-bond acceptors (Lipinski definition) is 3. The van der Waals surface area contributed by atoms with Crippen molar-refractivity contribution in [3.05, 3.63) is 12.4 Å². The van der Waals surface area contributed by atoms with Crippen molar-refractivity contribution in [2.24, 2.45) is 0 Å². The summed E-state index contributed by atoms with van der Waals surface area (Å²) in [6.07, 6.45) is 12.8. The van der Waals surface area contributed by atoms with E-state index in [1.54, 1.807) is 0 Å². The Morgan fingerprint density at radius 2 is 1.58 bits per heavy atom. The van der Waals surface area contributed by atoms with E-state index in [1.807, 2.05) is 6.20 Å². The second kappa shape index (κ2) is 8.05. The first-order valence-corrected chi connectivity index (χ1v) is 9.70. The molecule has 1 atom stereocenters. The lowest BCUT2D eigenvalue weighted by atomic mass is 9.82. The molecule has 2 heterocycles. The van der Waals surface area contributed by atoms with Gasteiger partial charge in [0, 0.05) is 17.9 Å². The van der Waals surface area contributed by atoms with Crippen molar-refractivity contribution in [3.8, 4) is 0 Å². The van der Waals surface area contributed by atoms with Gasteiger partial charge in [0.1, 0.15) is 0 Å². The van der Waals surface area contributed by atoms with Crippen molar-refractivity contribution < 1.29 is 9.31 Å². The molecule has 0 N–H and O–H groups in total. The molecule has 24 heavy (non-hydrogen) atoms. The Morgan fingerprint density at radius 1 is 1.00 bits per heavy atom. The van der Waals surface area contributed by atoms with Crippen LogP contribution in [0.25, 0.3) is 0 Å². The van der Waals surface area contributed by atoms with Gasteiger partial charge < -0.3 is 9.31 Å². The maximum Gasteiger partial charge on any atom is 0.498 e. The number of unbranched alkanes of at least 4 members (excludes halogenated alkanes) is 3. The Kier molecular flexibility index (Phi) is 6.55. The van der Waals surface area contributed by atoms with Crippen molar-refractivity contribution in [2.45, 2.75) is 104 Å². The zero-order chi connectivity index (χ0) is 17.8. The molecule has 0 amide bonds. The minimum absolute atomic E-state index is 0.303. The molecule has 4 nitrogen and oxygen atoms in total. The summed E-state index contributed by atoms with van der Waals surface area (Å²) in [5, 5.41) is 4.64. The number of hydrogen-bond donors (Lipinski definition) is 0. The zero-order valence-corrected chi connectivity index (χ0v) is 16.5. The van der Waals surface area contributed by atoms with Gasteiger partial charge in [-0.25, -0.2) is 0 Å². The van der Waals surface area contributed by atoms with E-state index < -0.39 is 0 Å². The van der Waals surface area contributed by atoms with E-state index in [9.17, 15) is 0 Å². The molecular weight excluding hydrogens is 299 g/mol. The Morgan fingerprint density at radius 3 is 2.17 bits per heavy atom. The maximum atomic E-state index is 6.15. The molecule has 1 saturated heterocycles. The van der Waals surface area contributed by atoms with Crippen LogP contribution in [0.2, 0.25) is 0 Å². The van der Waals surface area contributed by atoms with Crippen LogP contribution in [0.15, 0.2) is 12.4 Å². The van der Waals surface area contributed by atoms with Crippen molar-refractivity contribution in [1.82, 2.24) is 9.78 Å². The summed E-state index contributed by atoms with van der Waals surface area (Å²) in [4.78, 5) is 0. The molecule has 0 spiro atoms. The number of aromatic nitrogens is 2. The van der Waals surface area contributed by atoms with E-state index in [4.69, 9.17) is 9.31 Å². The largest absolute Gasteiger partial charge is 0.498 e. The highest BCUT2D eigenvalue weighted by molar-refractivity contribution is 6.61. The summed E-state index contributed by atoms with van der Waals surface area (Å²) in [5.74, 6) is 0. The van der Waals surface area contributed by atoms with Crippen molar-refractivity contribution in [3.63, 3.8) is 0 Å². The first kappa shape index (κ1) is 19.5. The molecule has 1 aromatic heterocycles. The highest BCUT2D eigenvalue weighted by Gasteiger charge is 2.52. The molecule has 1 aliphatic heterocycles. The first-order chi connectivity index (χ1) is 11.3. The van der Waals surface area contributed by atoms with Gasteiger partial charge in [-0.3, -0.25) is 4.68 Å². The average Bonchev–Trinajstić information content (AvgIpc) is 3.06. The molecule has 2 rings (SSSR count). The summed E-state index contributed by atoms with van der Waals surface area (Å²) in [6, 6.07) is 0.493. The van der Waals surface area contributed by atoms with Crippen molar-refractivity contribution >= 4 is 12.6 Å². The third kappa shape index (κ3) is 4.43. The minimum Gasteiger partial charge on any atom is -0.399 e. The van der Waals surface area contributed by atoms with Crippen LogP contribution in [0.3, 0.4) is 0 Å². The van der Waals surface area contributed by atoms with E-state index in [0.29, 0.717) is 6.04 Å². The van der Waals surface area contributed by atoms with Crippen LogP contribution in [0, 0.1) is 0 Å². The fraction of sp³-hybridized carbons (Fsp3) is 0.842. The lowest BCUT2D eigenvalue weighted by molar-refractivity contribution is 0.00578. The monoisotopic (exact) mass is 334 g/mol. The molecule has 0 radical (unpaired) electrons. The lowest BCUT2D eigenvalue weighted by Crippen LogP contribution is -2.41. The van der Waals surface area contributed by atoms with Crippen molar-refractivity contribution in [1.29, 1.82) is 0 Å². The van der Waals surface area contributed by atoms with E-state index in [0.717, 1.165) is 5.46 Å². The van der Waals surface area contributed by atoms with Gasteiger partial charge in [-0.2, -0.15) is 5.10 Å². The topological polar surface area (TPSA) is 36.3 Å². The van der Waals surface area contributed by atoms with Crippen LogP contribution >= 0.6 is 0 Å². The van der Waals surface area contributed by atoms with Crippen LogP contribution < -0.4 is 5.46 Å². The van der Waals surface area contributed by atoms with Gasteiger partial charge in [0.2, 0.25) is 0 Å². The SMILES string of the molecule is CCCCCC(CCCC)n1cc(B2OC(C)(C)C(C)(C)O2)cn1. The average molecular weight is 334 g/mol. The molecule has 5 heteroatoms. The Labute approximate surface area is 148 Å². The number of rotatable bonds is 9. The van der Waals surface area contributed by atoms with Gasteiger partial charge in [-0.15, -0.1) is 0 Å². The summed E-state index contributed by atoms with van der Waals surface area (Å²) >= 11 is 0. The van der Waals surface area contributed by atoms with Gasteiger partial charge in [0.25, 0.3) is 0 Å². The van der Waals surface area contributed by atoms with Gasteiger partial charge in [0.05, 0.1) is 17.2 Å². The van der Waals surface area contributed by atoms with Crippen LogP contribution in [0.5, 0.6) is 0 Å². The van der Waals surface area contributed by atoms with Gasteiger partial charge in [0.15, 0.2) is 0 Å². The maximum absolute atomic E-state index is 6.15. The molecule has 0 bridgehead atoms. The Bertz CT molecular complexity index is 497. The second-order valence-corrected chi connectivity index (χ2v) is 8.13. The van der Waals surface area contributed by atoms with Crippen LogP contribution in [-0.4, -0.2) is 28.1 Å². The highest BCUT2D eigenvalue weighted by atomic mass is 16.7. The summed E-state index contributed by atoms with van der Waals surface area (Å²) < 4.78 is 14.4. The fourth-order valence-corrected chi connectivity index (χ4v) is 3.13. The Balaban J connectivity index is 2.07. The minimum atomic E-state index is -0.314. The zero-order valence-electron chi connectivity index (χ0n) is 16.5. The smallest absolute Gasteiger partial charge is 0.399 e. The normalized spacial score (nSPS) is 20.5. The van der Waals surface area contributed by atoms with Crippen LogP contribution in [0.1, 0.15) is 92.5 Å². The second-order valence-electron chi connectivity index (χ2n) is 8.13. The predicted octanol–water partition coefficient (Wildman–Crippen LogP) is 4.49. The molecule has 136 valence electrons. The third-order valence-corrected chi connectivity index (χ3v) is 5.55. The highest BCUT2D eigenvalue weighted by Crippen LogP contribution is 2.36. The summed E-state index contributed by atoms with van der Waals surface area (Å²) in [5.41, 5.74) is 0.427. The van der Waals surface area contributed by atoms with Crippen LogP contribution in [-0.2, 0) is 9.31 Å². The Hall–Kier alpha value is -0.805. The van der Waals surface area contributed by atoms with Gasteiger partial charge >= 0.3 is 7.12 Å². The van der Waals surface area contributed by atoms with E-state index in [-0.39, 0.29) is 18.3 Å². The lowest BCUT2D eigenvalue weighted by Gasteiger charge is -2.32. The van der Waals surface area contributed by atoms with Crippen molar-refractivity contribution in [2.75, 3.05) is 0 Å². The molecule has 0 aromatic carbocycles. The van der Waals surface area contributed by atoms with Gasteiger partial charge in [-0.1, -0.05) is 46.0 Å². The summed E-state index contributed by atoms with van der Waals surface area (Å²) in [6.45, 7) is 12.9. The molecule has 1 unspecified atom stereocenters. The first-order valence-electron chi connectivity index (χ1n) is 9.70. The predicted molar refractivity (Wildman–Crippen MR) is 101 cm³/mol. The third-order valence-electron chi connectivity index (χ3n) is 5.55. The standard InChI is InChI=1S/C19H35BN2O2/c1-7-9-11-13-17(12-10-8-2)22-15-16(14-21-22)20-23-18(3,4)19(5,6)24-20/h14-15,17H,7-13H2,1-6H3. The molecule has 1 fully saturated rings. The molecular formula is C19H35BN2O2. The van der Waals surface area contributed by atoms with Crippen LogP contribution in [0.4, 0.5) is 0 Å². The molecule has 1 aliphatic rings. The number of nitrogens with zero attached hydrogens (tertiary/aromatic N) is 2. The summed E-state index contributed by atoms with van der Waals surface area (Å²) in [7, 11) is -0.314.